The van der Waals surface area contributed by atoms with Crippen LogP contribution in [0.15, 0.2) is 12.1 Å². The summed E-state index contributed by atoms with van der Waals surface area (Å²) in [6, 6.07) is 3.86. The second kappa shape index (κ2) is 5.38. The Morgan fingerprint density at radius 3 is 2.29 bits per heavy atom. The van der Waals surface area contributed by atoms with E-state index in [1.165, 1.54) is 0 Å². The lowest BCUT2D eigenvalue weighted by Gasteiger charge is -2.25. The van der Waals surface area contributed by atoms with Gasteiger partial charge in [0.15, 0.2) is 6.29 Å². The molecule has 1 aromatic rings. The Morgan fingerprint density at radius 1 is 1.06 bits per heavy atom. The Balaban J connectivity index is 2.35. The van der Waals surface area contributed by atoms with E-state index in [9.17, 15) is 0 Å². The highest BCUT2D eigenvalue weighted by molar-refractivity contribution is 5.46. The topological polar surface area (TPSA) is 36.9 Å². The van der Waals surface area contributed by atoms with Gasteiger partial charge < -0.3 is 18.9 Å². The Labute approximate surface area is 101 Å². The van der Waals surface area contributed by atoms with Crippen LogP contribution >= 0.6 is 0 Å². The van der Waals surface area contributed by atoms with Crippen LogP contribution in [-0.4, -0.2) is 27.4 Å². The van der Waals surface area contributed by atoms with E-state index >= 15 is 0 Å². The highest BCUT2D eigenvalue weighted by atomic mass is 16.7. The van der Waals surface area contributed by atoms with Crippen LogP contribution < -0.4 is 9.47 Å². The molecule has 1 aliphatic heterocycles. The monoisotopic (exact) mass is 238 g/mol. The summed E-state index contributed by atoms with van der Waals surface area (Å²) in [5, 5.41) is 0. The molecule has 0 radical (unpaired) electrons. The van der Waals surface area contributed by atoms with Crippen molar-refractivity contribution in [3.8, 4) is 11.5 Å². The molecule has 0 unspecified atom stereocenters. The summed E-state index contributed by atoms with van der Waals surface area (Å²) in [4.78, 5) is 0. The fraction of sp³-hybridized carbons (Fsp3) is 0.538. The van der Waals surface area contributed by atoms with Crippen LogP contribution in [0.4, 0.5) is 0 Å². The molecule has 1 fully saturated rings. The molecule has 0 amide bonds. The summed E-state index contributed by atoms with van der Waals surface area (Å²) in [6.07, 6.45) is 0.579. The standard InChI is InChI=1S/C13H18O4/c1-9-7-12(15-3)10(8-11(9)14-2)13-16-5-4-6-17-13/h7-8,13H,4-6H2,1-3H3. The molecule has 1 saturated heterocycles. The van der Waals surface area contributed by atoms with Gasteiger partial charge in [-0.05, 0) is 31.0 Å². The minimum Gasteiger partial charge on any atom is -0.496 e. The number of rotatable bonds is 3. The average molecular weight is 238 g/mol. The lowest BCUT2D eigenvalue weighted by atomic mass is 10.1. The van der Waals surface area contributed by atoms with Gasteiger partial charge in [0.2, 0.25) is 0 Å². The molecule has 4 heteroatoms. The molecule has 1 aliphatic rings. The molecule has 0 spiro atoms. The van der Waals surface area contributed by atoms with Crippen molar-refractivity contribution in [2.24, 2.45) is 0 Å². The van der Waals surface area contributed by atoms with Gasteiger partial charge in [0.25, 0.3) is 0 Å². The Kier molecular flexibility index (Phi) is 3.86. The molecule has 4 nitrogen and oxygen atoms in total. The third-order valence-electron chi connectivity index (χ3n) is 2.83. The minimum absolute atomic E-state index is 0.354. The second-order valence-corrected chi connectivity index (χ2v) is 3.99. The molecule has 94 valence electrons. The van der Waals surface area contributed by atoms with Gasteiger partial charge in [-0.1, -0.05) is 0 Å². The van der Waals surface area contributed by atoms with Crippen LogP contribution in [0, 0.1) is 6.92 Å². The molecular formula is C13H18O4. The van der Waals surface area contributed by atoms with E-state index in [0.717, 1.165) is 29.0 Å². The van der Waals surface area contributed by atoms with Gasteiger partial charge in [0.05, 0.1) is 33.0 Å². The second-order valence-electron chi connectivity index (χ2n) is 3.99. The Morgan fingerprint density at radius 2 is 1.71 bits per heavy atom. The lowest BCUT2D eigenvalue weighted by Crippen LogP contribution is -2.18. The highest BCUT2D eigenvalue weighted by Crippen LogP contribution is 2.35. The van der Waals surface area contributed by atoms with Crippen molar-refractivity contribution in [2.75, 3.05) is 27.4 Å². The zero-order chi connectivity index (χ0) is 12.3. The summed E-state index contributed by atoms with van der Waals surface area (Å²) in [7, 11) is 3.30. The van der Waals surface area contributed by atoms with Crippen molar-refractivity contribution in [3.05, 3.63) is 23.3 Å². The summed E-state index contributed by atoms with van der Waals surface area (Å²) in [5.74, 6) is 1.59. The van der Waals surface area contributed by atoms with E-state index < -0.39 is 0 Å². The number of hydrogen-bond acceptors (Lipinski definition) is 4. The molecule has 1 aromatic carbocycles. The van der Waals surface area contributed by atoms with Gasteiger partial charge >= 0.3 is 0 Å². The van der Waals surface area contributed by atoms with Crippen LogP contribution in [0.25, 0.3) is 0 Å². The van der Waals surface area contributed by atoms with E-state index in [2.05, 4.69) is 0 Å². The van der Waals surface area contributed by atoms with Crippen molar-refractivity contribution >= 4 is 0 Å². The van der Waals surface area contributed by atoms with Crippen LogP contribution in [0.5, 0.6) is 11.5 Å². The van der Waals surface area contributed by atoms with Crippen molar-refractivity contribution in [1.82, 2.24) is 0 Å². The van der Waals surface area contributed by atoms with E-state index in [0.29, 0.717) is 13.2 Å². The summed E-state index contributed by atoms with van der Waals surface area (Å²) >= 11 is 0. The molecule has 0 aromatic heterocycles. The maximum Gasteiger partial charge on any atom is 0.187 e. The first kappa shape index (κ1) is 12.2. The first-order chi connectivity index (χ1) is 8.26. The predicted molar refractivity (Wildman–Crippen MR) is 63.5 cm³/mol. The average Bonchev–Trinajstić information content (AvgIpc) is 2.39. The molecule has 0 atom stereocenters. The predicted octanol–water partition coefficient (Wildman–Crippen LogP) is 2.45. The third-order valence-corrected chi connectivity index (χ3v) is 2.83. The van der Waals surface area contributed by atoms with Crippen molar-refractivity contribution in [1.29, 1.82) is 0 Å². The number of aryl methyl sites for hydroxylation is 1. The maximum atomic E-state index is 5.59. The molecule has 0 bridgehead atoms. The molecule has 0 aliphatic carbocycles. The molecule has 2 rings (SSSR count). The van der Waals surface area contributed by atoms with E-state index in [1.54, 1.807) is 14.2 Å². The van der Waals surface area contributed by atoms with E-state index in [1.807, 2.05) is 19.1 Å². The normalized spacial score (nSPS) is 16.9. The summed E-state index contributed by atoms with van der Waals surface area (Å²) in [6.45, 7) is 3.40. The molecule has 17 heavy (non-hydrogen) atoms. The van der Waals surface area contributed by atoms with E-state index in [-0.39, 0.29) is 6.29 Å². The number of methoxy groups -OCH3 is 2. The Hall–Kier alpha value is -1.26. The van der Waals surface area contributed by atoms with Crippen LogP contribution in [0.2, 0.25) is 0 Å². The fourth-order valence-corrected chi connectivity index (χ4v) is 1.93. The van der Waals surface area contributed by atoms with Crippen LogP contribution in [0.3, 0.4) is 0 Å². The van der Waals surface area contributed by atoms with Crippen LogP contribution in [0.1, 0.15) is 23.8 Å². The van der Waals surface area contributed by atoms with Gasteiger partial charge in [-0.15, -0.1) is 0 Å². The summed E-state index contributed by atoms with van der Waals surface area (Å²) < 4.78 is 21.8. The third kappa shape index (κ3) is 2.53. The highest BCUT2D eigenvalue weighted by Gasteiger charge is 2.22. The fourth-order valence-electron chi connectivity index (χ4n) is 1.93. The zero-order valence-corrected chi connectivity index (χ0v) is 10.5. The quantitative estimate of drug-likeness (QED) is 0.810. The first-order valence-corrected chi connectivity index (χ1v) is 5.72. The lowest BCUT2D eigenvalue weighted by molar-refractivity contribution is -0.183. The van der Waals surface area contributed by atoms with Gasteiger partial charge in [0.1, 0.15) is 11.5 Å². The van der Waals surface area contributed by atoms with Gasteiger partial charge in [-0.3, -0.25) is 0 Å². The SMILES string of the molecule is COc1cc(C2OCCCO2)c(OC)cc1C. The van der Waals surface area contributed by atoms with Crippen molar-refractivity contribution in [3.63, 3.8) is 0 Å². The molecule has 0 saturated carbocycles. The largest absolute Gasteiger partial charge is 0.496 e. The van der Waals surface area contributed by atoms with E-state index in [4.69, 9.17) is 18.9 Å². The maximum absolute atomic E-state index is 5.59. The summed E-state index contributed by atoms with van der Waals surface area (Å²) in [5.41, 5.74) is 1.92. The molecule has 0 N–H and O–H groups in total. The minimum atomic E-state index is -0.354. The zero-order valence-electron chi connectivity index (χ0n) is 10.5. The van der Waals surface area contributed by atoms with Crippen molar-refractivity contribution < 1.29 is 18.9 Å². The van der Waals surface area contributed by atoms with Gasteiger partial charge in [-0.2, -0.15) is 0 Å². The number of ether oxygens (including phenoxy) is 4. The smallest absolute Gasteiger partial charge is 0.187 e. The number of benzene rings is 1. The molecular weight excluding hydrogens is 220 g/mol. The van der Waals surface area contributed by atoms with Crippen molar-refractivity contribution in [2.45, 2.75) is 19.6 Å². The van der Waals surface area contributed by atoms with Crippen LogP contribution in [-0.2, 0) is 9.47 Å². The Bertz CT molecular complexity index is 383. The first-order valence-electron chi connectivity index (χ1n) is 5.72. The van der Waals surface area contributed by atoms with Gasteiger partial charge in [-0.25, -0.2) is 0 Å². The van der Waals surface area contributed by atoms with Gasteiger partial charge in [0, 0.05) is 0 Å². The molecule has 1 heterocycles. The number of hydrogen-bond donors (Lipinski definition) is 0.